The Morgan fingerprint density at radius 1 is 1.24 bits per heavy atom. The van der Waals surface area contributed by atoms with E-state index in [0.29, 0.717) is 17.0 Å². The summed E-state index contributed by atoms with van der Waals surface area (Å²) in [5.74, 6) is 0.0393. The van der Waals surface area contributed by atoms with Crippen LogP contribution in [0.25, 0.3) is 11.2 Å². The molecular weight excluding hydrogens is 330 g/mol. The molecule has 0 bridgehead atoms. The largest absolute Gasteiger partial charge is 0.459 e. The zero-order valence-corrected chi connectivity index (χ0v) is 14.3. The van der Waals surface area contributed by atoms with Crippen molar-refractivity contribution in [1.29, 1.82) is 0 Å². The van der Waals surface area contributed by atoms with Gasteiger partial charge in [0.25, 0.3) is 5.56 Å². The fourth-order valence-corrected chi connectivity index (χ4v) is 2.56. The predicted octanol–water partition coefficient (Wildman–Crippen LogP) is -0.218. The number of carbonyl (C=O) groups excluding carboxylic acids is 1. The number of hydrogen-bond acceptors (Lipinski definition) is 7. The Hall–Kier alpha value is -3.17. The van der Waals surface area contributed by atoms with E-state index in [4.69, 9.17) is 9.26 Å². The monoisotopic (exact) mass is 347 g/mol. The smallest absolute Gasteiger partial charge is 0.332 e. The highest BCUT2D eigenvalue weighted by Crippen LogP contribution is 2.13. The van der Waals surface area contributed by atoms with Gasteiger partial charge in [-0.05, 0) is 13.8 Å². The van der Waals surface area contributed by atoms with Crippen LogP contribution in [0, 0.1) is 13.8 Å². The molecule has 0 atom stereocenters. The van der Waals surface area contributed by atoms with Crippen molar-refractivity contribution >= 4 is 17.1 Å². The number of imidazole rings is 1. The lowest BCUT2D eigenvalue weighted by atomic mass is 10.2. The van der Waals surface area contributed by atoms with Crippen LogP contribution in [0.3, 0.4) is 0 Å². The number of ether oxygens (including phenoxy) is 1. The summed E-state index contributed by atoms with van der Waals surface area (Å²) < 4.78 is 13.8. The number of carbonyl (C=O) groups is 1. The third kappa shape index (κ3) is 2.75. The predicted molar refractivity (Wildman–Crippen MR) is 86.0 cm³/mol. The van der Waals surface area contributed by atoms with Gasteiger partial charge in [-0.3, -0.25) is 18.7 Å². The van der Waals surface area contributed by atoms with Gasteiger partial charge in [0.15, 0.2) is 11.2 Å². The summed E-state index contributed by atoms with van der Waals surface area (Å²) in [4.78, 5) is 40.4. The van der Waals surface area contributed by atoms with Gasteiger partial charge in [-0.15, -0.1) is 0 Å². The highest BCUT2D eigenvalue weighted by Gasteiger charge is 2.17. The van der Waals surface area contributed by atoms with Crippen LogP contribution in [0.4, 0.5) is 0 Å². The molecule has 132 valence electrons. The second-order valence-electron chi connectivity index (χ2n) is 5.71. The first kappa shape index (κ1) is 16.7. The van der Waals surface area contributed by atoms with Crippen LogP contribution in [-0.2, 0) is 36.8 Å². The minimum absolute atomic E-state index is 0.0309. The summed E-state index contributed by atoms with van der Waals surface area (Å²) in [6.45, 7) is 3.32. The molecule has 0 aliphatic rings. The van der Waals surface area contributed by atoms with Gasteiger partial charge < -0.3 is 13.8 Å². The first-order valence-electron chi connectivity index (χ1n) is 7.49. The maximum Gasteiger partial charge on any atom is 0.332 e. The Morgan fingerprint density at radius 3 is 2.60 bits per heavy atom. The van der Waals surface area contributed by atoms with Gasteiger partial charge in [-0.2, -0.15) is 0 Å². The highest BCUT2D eigenvalue weighted by atomic mass is 16.5. The number of fused-ring (bicyclic) bond motifs is 1. The molecule has 0 spiro atoms. The number of esters is 1. The summed E-state index contributed by atoms with van der Waals surface area (Å²) in [7, 11) is 2.88. The van der Waals surface area contributed by atoms with Crippen LogP contribution < -0.4 is 11.2 Å². The fourth-order valence-electron chi connectivity index (χ4n) is 2.56. The molecule has 3 aromatic rings. The molecule has 0 aliphatic heterocycles. The average molecular weight is 347 g/mol. The Kier molecular flexibility index (Phi) is 4.03. The third-order valence-electron chi connectivity index (χ3n) is 4.08. The van der Waals surface area contributed by atoms with Crippen molar-refractivity contribution < 1.29 is 14.1 Å². The molecule has 10 nitrogen and oxygen atoms in total. The Bertz CT molecular complexity index is 1060. The van der Waals surface area contributed by atoms with Gasteiger partial charge in [0.2, 0.25) is 0 Å². The molecule has 0 N–H and O–H groups in total. The van der Waals surface area contributed by atoms with Crippen molar-refractivity contribution in [1.82, 2.24) is 23.8 Å². The van der Waals surface area contributed by atoms with E-state index < -0.39 is 17.2 Å². The molecule has 0 aliphatic carbocycles. The van der Waals surface area contributed by atoms with Crippen LogP contribution in [0.2, 0.25) is 0 Å². The number of hydrogen-bond donors (Lipinski definition) is 0. The molecule has 10 heteroatoms. The van der Waals surface area contributed by atoms with E-state index in [0.717, 1.165) is 4.57 Å². The van der Waals surface area contributed by atoms with Crippen LogP contribution >= 0.6 is 0 Å². The van der Waals surface area contributed by atoms with E-state index in [2.05, 4.69) is 10.1 Å². The van der Waals surface area contributed by atoms with E-state index in [1.54, 1.807) is 13.8 Å². The second kappa shape index (κ2) is 6.04. The number of aromatic nitrogens is 5. The molecule has 0 fully saturated rings. The molecule has 0 unspecified atom stereocenters. The highest BCUT2D eigenvalue weighted by molar-refractivity contribution is 5.75. The lowest BCUT2D eigenvalue weighted by Crippen LogP contribution is -2.37. The summed E-state index contributed by atoms with van der Waals surface area (Å²) in [5.41, 5.74) is 0.743. The van der Waals surface area contributed by atoms with Crippen LogP contribution in [0.15, 0.2) is 20.4 Å². The van der Waals surface area contributed by atoms with E-state index in [1.165, 1.54) is 29.6 Å². The lowest BCUT2D eigenvalue weighted by Gasteiger charge is -2.07. The van der Waals surface area contributed by atoms with Gasteiger partial charge in [-0.1, -0.05) is 5.16 Å². The zero-order chi connectivity index (χ0) is 18.3. The molecule has 0 radical (unpaired) electrons. The van der Waals surface area contributed by atoms with Crippen molar-refractivity contribution in [2.24, 2.45) is 14.1 Å². The van der Waals surface area contributed by atoms with E-state index in [9.17, 15) is 14.4 Å². The first-order chi connectivity index (χ1) is 11.8. The Balaban J connectivity index is 1.85. The second-order valence-corrected chi connectivity index (χ2v) is 5.71. The maximum absolute atomic E-state index is 12.3. The number of nitrogens with zero attached hydrogens (tertiary/aromatic N) is 5. The molecule has 3 rings (SSSR count). The SMILES string of the molecule is Cc1noc(C)c1COC(=O)Cn1cnc2c1c(=O)n(C)c(=O)n2C. The van der Waals surface area contributed by atoms with Crippen molar-refractivity contribution in [2.45, 2.75) is 27.0 Å². The van der Waals surface area contributed by atoms with Crippen molar-refractivity contribution in [3.8, 4) is 0 Å². The lowest BCUT2D eigenvalue weighted by molar-refractivity contribution is -0.145. The minimum atomic E-state index is -0.546. The van der Waals surface area contributed by atoms with E-state index in [1.807, 2.05) is 0 Å². The molecule has 0 amide bonds. The third-order valence-corrected chi connectivity index (χ3v) is 4.08. The van der Waals surface area contributed by atoms with Crippen molar-refractivity contribution in [3.63, 3.8) is 0 Å². The fraction of sp³-hybridized carbons (Fsp3) is 0.400. The van der Waals surface area contributed by atoms with Crippen molar-refractivity contribution in [2.75, 3.05) is 0 Å². The van der Waals surface area contributed by atoms with Gasteiger partial charge in [0.1, 0.15) is 18.9 Å². The molecule has 0 aromatic carbocycles. The van der Waals surface area contributed by atoms with Crippen molar-refractivity contribution in [3.05, 3.63) is 44.2 Å². The standard InChI is InChI=1S/C15H17N5O5/c1-8-10(9(2)25-17-8)6-24-11(21)5-20-7-16-13-12(20)14(22)19(4)15(23)18(13)3/h7H,5-6H2,1-4H3. The summed E-state index contributed by atoms with van der Waals surface area (Å²) >= 11 is 0. The topological polar surface area (TPSA) is 114 Å². The molecule has 0 saturated carbocycles. The van der Waals surface area contributed by atoms with Gasteiger partial charge in [0, 0.05) is 14.1 Å². The summed E-state index contributed by atoms with van der Waals surface area (Å²) in [6.07, 6.45) is 1.34. The molecule has 25 heavy (non-hydrogen) atoms. The summed E-state index contributed by atoms with van der Waals surface area (Å²) in [6, 6.07) is 0. The van der Waals surface area contributed by atoms with Gasteiger partial charge >= 0.3 is 11.7 Å². The van der Waals surface area contributed by atoms with Gasteiger partial charge in [0.05, 0.1) is 17.6 Å². The number of rotatable bonds is 4. The van der Waals surface area contributed by atoms with E-state index in [-0.39, 0.29) is 24.3 Å². The quantitative estimate of drug-likeness (QED) is 0.599. The molecular formula is C15H17N5O5. The number of aryl methyl sites for hydroxylation is 3. The van der Waals surface area contributed by atoms with Crippen LogP contribution in [0.1, 0.15) is 17.0 Å². The average Bonchev–Trinajstić information content (AvgIpc) is 3.13. The zero-order valence-electron chi connectivity index (χ0n) is 14.3. The first-order valence-corrected chi connectivity index (χ1v) is 7.49. The van der Waals surface area contributed by atoms with Crippen LogP contribution in [0.5, 0.6) is 0 Å². The normalized spacial score (nSPS) is 11.2. The maximum atomic E-state index is 12.3. The van der Waals surface area contributed by atoms with E-state index >= 15 is 0 Å². The minimum Gasteiger partial charge on any atom is -0.459 e. The Labute approximate surface area is 141 Å². The van der Waals surface area contributed by atoms with Crippen LogP contribution in [-0.4, -0.2) is 29.8 Å². The van der Waals surface area contributed by atoms with Gasteiger partial charge in [-0.25, -0.2) is 9.78 Å². The molecule has 3 aromatic heterocycles. The molecule has 3 heterocycles. The Morgan fingerprint density at radius 2 is 1.96 bits per heavy atom. The summed E-state index contributed by atoms with van der Waals surface area (Å²) in [5, 5.41) is 3.79. The molecule has 0 saturated heterocycles.